The molecule has 4 aliphatic rings. The van der Waals surface area contributed by atoms with Crippen molar-refractivity contribution in [1.29, 1.82) is 0 Å². The molecule has 4 fully saturated rings. The number of amides is 7. The van der Waals surface area contributed by atoms with Crippen LogP contribution in [0.3, 0.4) is 0 Å². The molecule has 105 heavy (non-hydrogen) atoms. The molecule has 2 aliphatic heterocycles. The first kappa shape index (κ1) is 80.6. The number of methoxy groups -OCH3 is 2. The summed E-state index contributed by atoms with van der Waals surface area (Å²) >= 11 is 0. The van der Waals surface area contributed by atoms with Crippen LogP contribution >= 0.6 is 0 Å². The second kappa shape index (κ2) is 34.7. The predicted molar refractivity (Wildman–Crippen MR) is 391 cm³/mol. The lowest BCUT2D eigenvalue weighted by Gasteiger charge is -2.44. The average molecular weight is 1450 g/mol. The van der Waals surface area contributed by atoms with Crippen LogP contribution in [0.1, 0.15) is 130 Å². The summed E-state index contributed by atoms with van der Waals surface area (Å²) in [6.45, 7) is 16.7. The summed E-state index contributed by atoms with van der Waals surface area (Å²) in [7, 11) is 2.62. The lowest BCUT2D eigenvalue weighted by Crippen LogP contribution is -2.66. The van der Waals surface area contributed by atoms with Crippen molar-refractivity contribution in [2.45, 2.75) is 192 Å². The largest absolute Gasteiger partial charge is 0.480 e. The molecule has 25 heteroatoms. The van der Waals surface area contributed by atoms with E-state index in [1.54, 1.807) is 63.5 Å². The number of carboxylic acids is 1. The van der Waals surface area contributed by atoms with Crippen molar-refractivity contribution in [2.24, 2.45) is 17.6 Å². The number of carboxylic acid groups (broad SMARTS) is 1. The number of carbonyl (C=O) groups is 10. The van der Waals surface area contributed by atoms with Crippen molar-refractivity contribution in [3.63, 3.8) is 0 Å². The van der Waals surface area contributed by atoms with Gasteiger partial charge in [0.15, 0.2) is 0 Å². The fraction of sp³-hybridized carbons (Fsp3) is 0.475. The number of carbonyl (C=O) groups excluding carboxylic acids is 9. The first-order valence-electron chi connectivity index (χ1n) is 35.6. The maximum Gasteiger partial charge on any atom is 0.408 e. The number of ether oxygens (including phenoxy) is 4. The number of fused-ring (bicyclic) bond motifs is 2. The van der Waals surface area contributed by atoms with Gasteiger partial charge in [0.25, 0.3) is 0 Å². The first-order chi connectivity index (χ1) is 49.4. The number of nitrogens with two attached hydrogens (primary N) is 1. The highest BCUT2D eigenvalue weighted by atomic mass is 19.1. The van der Waals surface area contributed by atoms with E-state index in [1.807, 2.05) is 84.9 Å². The van der Waals surface area contributed by atoms with Crippen LogP contribution in [0.4, 0.5) is 18.4 Å². The Morgan fingerprint density at radius 3 is 1.25 bits per heavy atom. The van der Waals surface area contributed by atoms with Crippen molar-refractivity contribution in [3.8, 4) is 0 Å². The van der Waals surface area contributed by atoms with Crippen molar-refractivity contribution in [3.05, 3.63) is 167 Å². The summed E-state index contributed by atoms with van der Waals surface area (Å²) in [5.41, 5.74) is 5.20. The molecular weight excluding hydrogens is 1350 g/mol. The predicted octanol–water partition coefficient (Wildman–Crippen LogP) is 9.78. The monoisotopic (exact) mass is 1450 g/mol. The minimum atomic E-state index is -1.48. The second-order valence-corrected chi connectivity index (χ2v) is 30.5. The van der Waals surface area contributed by atoms with E-state index < -0.39 is 106 Å². The minimum absolute atomic E-state index is 0.00464. The van der Waals surface area contributed by atoms with E-state index in [9.17, 15) is 56.7 Å². The van der Waals surface area contributed by atoms with Crippen LogP contribution in [-0.4, -0.2) is 183 Å². The number of hydrogen-bond acceptors (Lipinski definition) is 15. The van der Waals surface area contributed by atoms with Crippen LogP contribution in [0.25, 0.3) is 21.5 Å². The van der Waals surface area contributed by atoms with Gasteiger partial charge in [0.2, 0.25) is 29.5 Å². The highest BCUT2D eigenvalue weighted by molar-refractivity contribution is 5.98. The minimum Gasteiger partial charge on any atom is -0.480 e. The molecule has 2 aliphatic carbocycles. The third kappa shape index (κ3) is 23.0. The summed E-state index contributed by atoms with van der Waals surface area (Å²) in [5, 5.41) is 20.6. The van der Waals surface area contributed by atoms with E-state index in [0.29, 0.717) is 30.7 Å². The van der Waals surface area contributed by atoms with Crippen molar-refractivity contribution in [1.82, 2.24) is 35.6 Å². The molecule has 564 valence electrons. The Labute approximate surface area is 612 Å². The van der Waals surface area contributed by atoms with Gasteiger partial charge in [-0.2, -0.15) is 0 Å². The van der Waals surface area contributed by atoms with Gasteiger partial charge < -0.3 is 65.3 Å². The van der Waals surface area contributed by atoms with Gasteiger partial charge in [-0.05, 0) is 168 Å². The Hall–Kier alpha value is -10.0. The zero-order valence-corrected chi connectivity index (χ0v) is 62.0. The van der Waals surface area contributed by atoms with E-state index >= 15 is 0 Å². The van der Waals surface area contributed by atoms with E-state index in [-0.39, 0.29) is 74.9 Å². The summed E-state index contributed by atoms with van der Waals surface area (Å²) in [6.07, 6.45) is 4.11. The standard InChI is InChI=1S/C40H49FN4O7.C31H34FN3O4.C9H17NO4/c1-39(2,3)52-38(50)43-40(4,5)37(49)42-31(22-25-14-17-30(41)18-15-25)34(46)44-19-20-45(35(47)32(44)23-26-11-12-26)33(36(48)51-6)24-27-13-16-28-9-7-8-10-29(28)21-27;1-39-31(38)28(19-22-8-11-23-4-2-3-5-24(23)16-22)35-15-14-34(27(30(35)37)18-21-6-7-21)29(36)26(33)17-20-9-12-25(32)13-10-20;1-8(2,3)14-7(13)10-9(4,5)6(11)12/h7-10,13-18,21,26,31-33H,11-12,19-20,22-24H2,1-6H3,(H,42,49)(H,43,50);2-5,8-13,16,21,26-28H,6-7,14-15,17-19,33H2,1H3;1-5H3,(H,10,13)(H,11,12)/t31-,32+,33+;26-,27+,28+;/m11./s1. The van der Waals surface area contributed by atoms with Crippen LogP contribution in [0.15, 0.2) is 133 Å². The van der Waals surface area contributed by atoms with Gasteiger partial charge in [-0.1, -0.05) is 135 Å². The third-order valence-electron chi connectivity index (χ3n) is 18.7. The number of esters is 2. The average Bonchev–Trinajstić information content (AvgIpc) is 1.47. The van der Waals surface area contributed by atoms with Gasteiger partial charge in [-0.25, -0.2) is 32.8 Å². The van der Waals surface area contributed by atoms with Crippen LogP contribution in [-0.2, 0) is 83.0 Å². The molecule has 2 saturated carbocycles. The van der Waals surface area contributed by atoms with Gasteiger partial charge in [0, 0.05) is 45.4 Å². The van der Waals surface area contributed by atoms with E-state index in [1.165, 1.54) is 88.1 Å². The summed E-state index contributed by atoms with van der Waals surface area (Å²) in [4.78, 5) is 137. The zero-order valence-electron chi connectivity index (χ0n) is 62.0. The molecule has 0 aromatic heterocycles. The lowest BCUT2D eigenvalue weighted by atomic mass is 9.96. The Bertz CT molecular complexity index is 4110. The molecule has 0 spiro atoms. The van der Waals surface area contributed by atoms with Crippen LogP contribution in [0.2, 0.25) is 0 Å². The first-order valence-corrected chi connectivity index (χ1v) is 35.6. The number of rotatable bonds is 23. The number of alkyl carbamates (subject to hydrolysis) is 2. The second-order valence-electron chi connectivity index (χ2n) is 30.5. The van der Waals surface area contributed by atoms with Gasteiger partial charge in [0.05, 0.1) is 20.3 Å². The summed E-state index contributed by atoms with van der Waals surface area (Å²) in [6, 6.07) is 34.0. The van der Waals surface area contributed by atoms with Gasteiger partial charge in [-0.15, -0.1) is 0 Å². The summed E-state index contributed by atoms with van der Waals surface area (Å²) < 4.78 is 47.7. The van der Waals surface area contributed by atoms with E-state index in [0.717, 1.165) is 63.9 Å². The van der Waals surface area contributed by atoms with Crippen molar-refractivity contribution in [2.75, 3.05) is 40.4 Å². The smallest absolute Gasteiger partial charge is 0.408 e. The number of nitrogens with zero attached hydrogens (tertiary/aromatic N) is 4. The molecule has 2 saturated heterocycles. The highest BCUT2D eigenvalue weighted by Crippen LogP contribution is 2.38. The maximum atomic E-state index is 14.5. The number of benzene rings is 6. The van der Waals surface area contributed by atoms with Gasteiger partial charge in [-0.3, -0.25) is 24.0 Å². The fourth-order valence-electron chi connectivity index (χ4n) is 12.6. The van der Waals surface area contributed by atoms with Gasteiger partial charge in [0.1, 0.15) is 64.1 Å². The quantitative estimate of drug-likeness (QED) is 0.0294. The van der Waals surface area contributed by atoms with Gasteiger partial charge >= 0.3 is 30.1 Å². The van der Waals surface area contributed by atoms with Crippen molar-refractivity contribution >= 4 is 81.2 Å². The Morgan fingerprint density at radius 1 is 0.495 bits per heavy atom. The van der Waals surface area contributed by atoms with E-state index in [4.69, 9.17) is 29.8 Å². The maximum absolute atomic E-state index is 14.5. The number of aliphatic carboxylic acids is 1. The van der Waals surface area contributed by atoms with Crippen LogP contribution in [0.5, 0.6) is 0 Å². The molecule has 23 nitrogen and oxygen atoms in total. The van der Waals surface area contributed by atoms with Crippen molar-refractivity contribution < 1.29 is 80.8 Å². The molecule has 0 unspecified atom stereocenters. The third-order valence-corrected chi connectivity index (χ3v) is 18.7. The molecule has 6 atom stereocenters. The number of halogens is 2. The molecule has 6 aromatic rings. The molecule has 0 bridgehead atoms. The normalized spacial score (nSPS) is 17.5. The molecule has 6 N–H and O–H groups in total. The molecule has 2 heterocycles. The van der Waals surface area contributed by atoms with Crippen LogP contribution in [0, 0.1) is 23.5 Å². The SMILES string of the molecule is CC(C)(C)OC(=O)NC(C)(C)C(=O)O.COC(=O)[C@H](Cc1ccc2ccccc2c1)N1CCN(C(=O)[C@@H](Cc2ccc(F)cc2)NC(=O)C(C)(C)NC(=O)OC(C)(C)C)[C@@H](CC2CC2)C1=O.COC(=O)[C@H](Cc1ccc2ccccc2c1)N1CCN(C(=O)[C@H](N)Cc2ccc(F)cc2)[C@@H](CC2CC2)C1=O. The number of piperazine rings is 2. The highest BCUT2D eigenvalue weighted by Gasteiger charge is 2.48. The van der Waals surface area contributed by atoms with Crippen LogP contribution < -0.4 is 21.7 Å². The lowest BCUT2D eigenvalue weighted by molar-refractivity contribution is -0.162. The zero-order chi connectivity index (χ0) is 76.9. The Morgan fingerprint density at radius 2 is 0.867 bits per heavy atom. The molecule has 10 rings (SSSR count). The topological polar surface area (TPSA) is 303 Å². The molecule has 0 radical (unpaired) electrons. The number of nitrogens with one attached hydrogen (secondary N) is 3. The molecular formula is C80H100F2N8O15. The molecule has 6 aromatic carbocycles. The fourth-order valence-corrected chi connectivity index (χ4v) is 12.6. The number of hydrogen-bond donors (Lipinski definition) is 5. The van der Waals surface area contributed by atoms with E-state index in [2.05, 4.69) is 16.0 Å². The Kier molecular flexibility index (Phi) is 26.7. The summed E-state index contributed by atoms with van der Waals surface area (Å²) in [5.74, 6) is -4.37. The molecule has 7 amide bonds. The Balaban J connectivity index is 0.000000230.